The van der Waals surface area contributed by atoms with Crippen LogP contribution in [0.15, 0.2) is 45.9 Å². The van der Waals surface area contributed by atoms with E-state index in [9.17, 15) is 4.39 Å². The van der Waals surface area contributed by atoms with Crippen LogP contribution in [0.3, 0.4) is 0 Å². The van der Waals surface area contributed by atoms with E-state index in [1.165, 1.54) is 29.2 Å². The quantitative estimate of drug-likeness (QED) is 0.306. The number of halogens is 1. The summed E-state index contributed by atoms with van der Waals surface area (Å²) >= 11 is 2.79. The number of piperidine rings is 1. The third kappa shape index (κ3) is 4.79. The van der Waals surface area contributed by atoms with Crippen molar-refractivity contribution in [1.82, 2.24) is 25.7 Å². The van der Waals surface area contributed by atoms with Gasteiger partial charge in [-0.05, 0) is 68.3 Å². The minimum atomic E-state index is -0.237. The summed E-state index contributed by atoms with van der Waals surface area (Å²) in [7, 11) is 0. The van der Waals surface area contributed by atoms with Crippen molar-refractivity contribution in [3.05, 3.63) is 48.1 Å². The summed E-state index contributed by atoms with van der Waals surface area (Å²) in [6.07, 6.45) is 5.33. The number of pyridine rings is 1. The smallest absolute Gasteiger partial charge is 0.275 e. The van der Waals surface area contributed by atoms with Crippen LogP contribution >= 0.6 is 23.1 Å². The molecule has 4 heterocycles. The second-order valence-corrected chi connectivity index (χ2v) is 11.0. The Balaban J connectivity index is 1.34. The fourth-order valence-corrected chi connectivity index (χ4v) is 6.39. The van der Waals surface area contributed by atoms with E-state index in [0.29, 0.717) is 34.2 Å². The fourth-order valence-electron chi connectivity index (χ4n) is 5.12. The molecule has 0 bridgehead atoms. The molecule has 1 aromatic carbocycles. The van der Waals surface area contributed by atoms with Gasteiger partial charge in [-0.25, -0.2) is 14.4 Å². The average Bonchev–Trinajstić information content (AvgIpc) is 3.54. The minimum absolute atomic E-state index is 0.183. The topological polar surface area (TPSA) is 86.0 Å². The van der Waals surface area contributed by atoms with E-state index >= 15 is 0 Å². The normalized spacial score (nSPS) is 20.5. The van der Waals surface area contributed by atoms with E-state index in [1.54, 1.807) is 12.3 Å². The Kier molecular flexibility index (Phi) is 7.04. The van der Waals surface area contributed by atoms with Crippen molar-refractivity contribution < 1.29 is 13.7 Å². The molecule has 1 N–H and O–H groups in total. The third-order valence-electron chi connectivity index (χ3n) is 6.94. The van der Waals surface area contributed by atoms with Crippen molar-refractivity contribution in [1.29, 1.82) is 0 Å². The number of aromatic nitrogens is 4. The molecular weight excluding hydrogens is 485 g/mol. The first-order valence-electron chi connectivity index (χ1n) is 11.7. The molecule has 2 atom stereocenters. The Hall–Kier alpha value is -2.56. The van der Waals surface area contributed by atoms with E-state index in [2.05, 4.69) is 34.5 Å². The van der Waals surface area contributed by atoms with Gasteiger partial charge in [0.25, 0.3) is 5.19 Å². The van der Waals surface area contributed by atoms with Crippen molar-refractivity contribution in [2.24, 2.45) is 11.8 Å². The third-order valence-corrected chi connectivity index (χ3v) is 8.58. The molecule has 10 heteroatoms. The van der Waals surface area contributed by atoms with Gasteiger partial charge in [-0.1, -0.05) is 31.3 Å². The first-order chi connectivity index (χ1) is 17.0. The first-order valence-corrected chi connectivity index (χ1v) is 13.8. The zero-order valence-corrected chi connectivity index (χ0v) is 21.6. The number of hydrogen-bond acceptors (Lipinski definition) is 9. The molecule has 0 radical (unpaired) electrons. The van der Waals surface area contributed by atoms with Crippen LogP contribution in [0.25, 0.3) is 21.6 Å². The van der Waals surface area contributed by atoms with Gasteiger partial charge in [-0.2, -0.15) is 0 Å². The summed E-state index contributed by atoms with van der Waals surface area (Å²) in [5, 5.41) is 11.8. The average molecular weight is 514 g/mol. The lowest BCUT2D eigenvalue weighted by Gasteiger charge is -2.44. The Bertz CT molecular complexity index is 1300. The Morgan fingerprint density at radius 1 is 1.29 bits per heavy atom. The van der Waals surface area contributed by atoms with Gasteiger partial charge in [0.05, 0.1) is 18.5 Å². The lowest BCUT2D eigenvalue weighted by molar-refractivity contribution is 0.0902. The summed E-state index contributed by atoms with van der Waals surface area (Å²) in [5.74, 6) is 1.44. The summed E-state index contributed by atoms with van der Waals surface area (Å²) < 4.78 is 26.0. The van der Waals surface area contributed by atoms with Crippen molar-refractivity contribution in [2.45, 2.75) is 37.0 Å². The molecule has 7 nitrogen and oxygen atoms in total. The summed E-state index contributed by atoms with van der Waals surface area (Å²) in [5.41, 5.74) is 2.04. The molecule has 5 rings (SSSR count). The molecule has 2 unspecified atom stereocenters. The predicted molar refractivity (Wildman–Crippen MR) is 136 cm³/mol. The van der Waals surface area contributed by atoms with Crippen LogP contribution in [-0.2, 0) is 5.41 Å². The van der Waals surface area contributed by atoms with E-state index in [4.69, 9.17) is 14.2 Å². The number of nitrogens with one attached hydrogen (secondary N) is 1. The van der Waals surface area contributed by atoms with E-state index in [-0.39, 0.29) is 11.2 Å². The Morgan fingerprint density at radius 3 is 2.91 bits per heavy atom. The van der Waals surface area contributed by atoms with Crippen LogP contribution < -0.4 is 10.1 Å². The van der Waals surface area contributed by atoms with Gasteiger partial charge in [0.15, 0.2) is 5.76 Å². The molecule has 1 aliphatic rings. The van der Waals surface area contributed by atoms with Crippen molar-refractivity contribution in [3.63, 3.8) is 0 Å². The number of rotatable bonds is 8. The van der Waals surface area contributed by atoms with Crippen LogP contribution in [0.2, 0.25) is 0 Å². The maximum Gasteiger partial charge on any atom is 0.275 e. The van der Waals surface area contributed by atoms with Gasteiger partial charge < -0.3 is 14.6 Å². The largest absolute Gasteiger partial charge is 0.470 e. The fraction of sp³-hybridized carbons (Fsp3) is 0.440. The highest BCUT2D eigenvalue weighted by atomic mass is 32.2. The molecule has 4 aromatic rings. The number of fused-ring (bicyclic) bond motifs is 1. The Labute approximate surface area is 211 Å². The second-order valence-electron chi connectivity index (χ2n) is 9.19. The highest BCUT2D eigenvalue weighted by Gasteiger charge is 2.46. The molecule has 184 valence electrons. The molecule has 0 amide bonds. The van der Waals surface area contributed by atoms with Gasteiger partial charge in [0, 0.05) is 21.1 Å². The van der Waals surface area contributed by atoms with Gasteiger partial charge in [0.1, 0.15) is 16.2 Å². The SMILES string of the molecule is CSc1ccc(-c2ccc3nc(OCCC4(c5cnno5)CCNCC4C(C)C)sc3n2)cc1F. The summed E-state index contributed by atoms with van der Waals surface area (Å²) in [4.78, 5) is 10.7. The highest BCUT2D eigenvalue weighted by molar-refractivity contribution is 7.98. The highest BCUT2D eigenvalue weighted by Crippen LogP contribution is 2.44. The molecule has 0 spiro atoms. The maximum absolute atomic E-state index is 14.3. The van der Waals surface area contributed by atoms with E-state index in [0.717, 1.165) is 47.6 Å². The predicted octanol–water partition coefficient (Wildman–Crippen LogP) is 5.57. The maximum atomic E-state index is 14.3. The molecule has 35 heavy (non-hydrogen) atoms. The number of nitrogens with zero attached hydrogens (tertiary/aromatic N) is 4. The van der Waals surface area contributed by atoms with E-state index in [1.807, 2.05) is 24.5 Å². The van der Waals surface area contributed by atoms with Crippen molar-refractivity contribution in [3.8, 4) is 16.5 Å². The number of thiazole rings is 1. The molecule has 0 aliphatic carbocycles. The lowest BCUT2D eigenvalue weighted by atomic mass is 9.63. The molecule has 1 saturated heterocycles. The van der Waals surface area contributed by atoms with Crippen molar-refractivity contribution in [2.75, 3.05) is 26.0 Å². The van der Waals surface area contributed by atoms with Crippen molar-refractivity contribution >= 4 is 33.4 Å². The number of ether oxygens (including phenoxy) is 1. The molecule has 3 aromatic heterocycles. The molecule has 1 fully saturated rings. The standard InChI is InChI=1S/C25H28FN5O2S2/c1-15(2)17-13-27-10-8-25(17,22-14-28-31-33-22)9-11-32-24-30-20-6-5-19(29-23(20)35-24)16-4-7-21(34-3)18(26)12-16/h4-7,12,14-15,17,27H,8-11,13H2,1-3H3. The molecular formula is C25H28FN5O2S2. The summed E-state index contributed by atoms with van der Waals surface area (Å²) in [6, 6.07) is 8.98. The number of hydrogen-bond donors (Lipinski definition) is 1. The minimum Gasteiger partial charge on any atom is -0.470 e. The first kappa shape index (κ1) is 24.1. The zero-order valence-electron chi connectivity index (χ0n) is 20.0. The monoisotopic (exact) mass is 513 g/mol. The van der Waals surface area contributed by atoms with Gasteiger partial charge in [-0.15, -0.1) is 16.9 Å². The number of benzene rings is 1. The summed E-state index contributed by atoms with van der Waals surface area (Å²) in [6.45, 7) is 6.82. The van der Waals surface area contributed by atoms with Gasteiger partial charge in [0.2, 0.25) is 0 Å². The zero-order chi connectivity index (χ0) is 24.4. The lowest BCUT2D eigenvalue weighted by Crippen LogP contribution is -2.50. The number of thioether (sulfide) groups is 1. The molecule has 0 saturated carbocycles. The van der Waals surface area contributed by atoms with Gasteiger partial charge in [-0.3, -0.25) is 0 Å². The second kappa shape index (κ2) is 10.2. The van der Waals surface area contributed by atoms with E-state index < -0.39 is 0 Å². The molecule has 1 aliphatic heterocycles. The van der Waals surface area contributed by atoms with Crippen LogP contribution in [0.4, 0.5) is 4.39 Å². The van der Waals surface area contributed by atoms with Crippen LogP contribution in [0.5, 0.6) is 5.19 Å². The van der Waals surface area contributed by atoms with Crippen LogP contribution in [0, 0.1) is 17.7 Å². The van der Waals surface area contributed by atoms with Crippen LogP contribution in [0.1, 0.15) is 32.4 Å². The van der Waals surface area contributed by atoms with Crippen LogP contribution in [-0.4, -0.2) is 46.3 Å². The van der Waals surface area contributed by atoms with Gasteiger partial charge >= 0.3 is 0 Å². The Morgan fingerprint density at radius 2 is 2.17 bits per heavy atom.